The summed E-state index contributed by atoms with van der Waals surface area (Å²) in [5.74, 6) is -0.933. The SMILES string of the molecule is COc1ccc(-c2cc(C(=O)O)[nH]n2)cc1S(=O)(=O)N1CCOCC1. The number of hydrogen-bond donors (Lipinski definition) is 2. The topological polar surface area (TPSA) is 122 Å². The first kappa shape index (κ1) is 17.4. The van der Waals surface area contributed by atoms with Crippen LogP contribution < -0.4 is 4.74 Å². The number of hydrogen-bond acceptors (Lipinski definition) is 6. The van der Waals surface area contributed by atoms with Crippen LogP contribution >= 0.6 is 0 Å². The van der Waals surface area contributed by atoms with E-state index >= 15 is 0 Å². The molecule has 0 bridgehead atoms. The van der Waals surface area contributed by atoms with Gasteiger partial charge in [0.1, 0.15) is 16.3 Å². The van der Waals surface area contributed by atoms with Gasteiger partial charge in [-0.15, -0.1) is 0 Å². The lowest BCUT2D eigenvalue weighted by molar-refractivity contribution is 0.0690. The number of nitrogens with one attached hydrogen (secondary N) is 1. The van der Waals surface area contributed by atoms with Gasteiger partial charge in [-0.3, -0.25) is 5.10 Å². The number of morpholine rings is 1. The number of aromatic nitrogens is 2. The van der Waals surface area contributed by atoms with E-state index in [-0.39, 0.29) is 29.4 Å². The number of aromatic carboxylic acids is 1. The fraction of sp³-hybridized carbons (Fsp3) is 0.333. The van der Waals surface area contributed by atoms with Crippen LogP contribution in [0.2, 0.25) is 0 Å². The molecule has 2 N–H and O–H groups in total. The molecule has 2 heterocycles. The molecule has 1 aliphatic heterocycles. The molecule has 2 aromatic rings. The van der Waals surface area contributed by atoms with Gasteiger partial charge in [0, 0.05) is 18.7 Å². The molecule has 1 aromatic heterocycles. The van der Waals surface area contributed by atoms with E-state index in [0.717, 1.165) is 0 Å². The van der Waals surface area contributed by atoms with Gasteiger partial charge in [-0.05, 0) is 24.3 Å². The zero-order valence-corrected chi connectivity index (χ0v) is 14.2. The molecule has 0 saturated carbocycles. The number of carboxylic acid groups (broad SMARTS) is 1. The number of benzene rings is 1. The molecule has 0 unspecified atom stereocenters. The number of carboxylic acids is 1. The first-order valence-electron chi connectivity index (χ1n) is 7.48. The Morgan fingerprint density at radius 3 is 2.64 bits per heavy atom. The molecule has 0 radical (unpaired) electrons. The van der Waals surface area contributed by atoms with Crippen LogP contribution in [0.4, 0.5) is 0 Å². The van der Waals surface area contributed by atoms with Crippen molar-refractivity contribution in [3.05, 3.63) is 30.0 Å². The normalized spacial score (nSPS) is 15.9. The fourth-order valence-corrected chi connectivity index (χ4v) is 4.13. The van der Waals surface area contributed by atoms with Gasteiger partial charge in [-0.25, -0.2) is 13.2 Å². The van der Waals surface area contributed by atoms with Crippen molar-refractivity contribution in [3.63, 3.8) is 0 Å². The molecule has 1 aliphatic rings. The van der Waals surface area contributed by atoms with Gasteiger partial charge in [0.05, 0.1) is 26.0 Å². The second-order valence-electron chi connectivity index (χ2n) is 5.35. The summed E-state index contributed by atoms with van der Waals surface area (Å²) in [4.78, 5) is 11.0. The number of carbonyl (C=O) groups is 1. The lowest BCUT2D eigenvalue weighted by Gasteiger charge is -2.26. The number of rotatable bonds is 5. The summed E-state index contributed by atoms with van der Waals surface area (Å²) in [5, 5.41) is 15.3. The summed E-state index contributed by atoms with van der Waals surface area (Å²) in [6.45, 7) is 1.20. The number of ether oxygens (including phenoxy) is 2. The predicted molar refractivity (Wildman–Crippen MR) is 87.1 cm³/mol. The Balaban J connectivity index is 2.04. The van der Waals surface area contributed by atoms with Crippen LogP contribution in [-0.2, 0) is 14.8 Å². The van der Waals surface area contributed by atoms with Crippen molar-refractivity contribution >= 4 is 16.0 Å². The van der Waals surface area contributed by atoms with Crippen LogP contribution in [0.25, 0.3) is 11.3 Å². The Bertz CT molecular complexity index is 886. The molecule has 9 nitrogen and oxygen atoms in total. The Labute approximate surface area is 144 Å². The molecule has 25 heavy (non-hydrogen) atoms. The summed E-state index contributed by atoms with van der Waals surface area (Å²) in [5.41, 5.74) is 0.721. The van der Waals surface area contributed by atoms with Gasteiger partial charge < -0.3 is 14.6 Å². The summed E-state index contributed by atoms with van der Waals surface area (Å²) < 4.78 is 37.6. The molecule has 0 spiro atoms. The van der Waals surface area contributed by atoms with Gasteiger partial charge in [0.25, 0.3) is 0 Å². The van der Waals surface area contributed by atoms with Crippen molar-refractivity contribution in [2.75, 3.05) is 33.4 Å². The highest BCUT2D eigenvalue weighted by Gasteiger charge is 2.29. The molecule has 134 valence electrons. The first-order chi connectivity index (χ1) is 11.9. The van der Waals surface area contributed by atoms with E-state index < -0.39 is 16.0 Å². The molecule has 1 aromatic carbocycles. The molecular weight excluding hydrogens is 350 g/mol. The molecule has 1 fully saturated rings. The van der Waals surface area contributed by atoms with Crippen molar-refractivity contribution in [3.8, 4) is 17.0 Å². The highest BCUT2D eigenvalue weighted by Crippen LogP contribution is 2.31. The number of sulfonamides is 1. The lowest BCUT2D eigenvalue weighted by atomic mass is 10.1. The van der Waals surface area contributed by atoms with E-state index in [2.05, 4.69) is 10.2 Å². The minimum Gasteiger partial charge on any atom is -0.495 e. The van der Waals surface area contributed by atoms with Crippen molar-refractivity contribution < 1.29 is 27.8 Å². The van der Waals surface area contributed by atoms with E-state index in [9.17, 15) is 13.2 Å². The van der Waals surface area contributed by atoms with Crippen molar-refractivity contribution in [1.82, 2.24) is 14.5 Å². The molecular formula is C15H17N3O6S. The molecule has 0 aliphatic carbocycles. The van der Waals surface area contributed by atoms with E-state index in [1.807, 2.05) is 0 Å². The predicted octanol–water partition coefficient (Wildman–Crippen LogP) is 0.804. The highest BCUT2D eigenvalue weighted by atomic mass is 32.2. The lowest BCUT2D eigenvalue weighted by Crippen LogP contribution is -2.40. The van der Waals surface area contributed by atoms with E-state index in [0.29, 0.717) is 24.5 Å². The third-order valence-corrected chi connectivity index (χ3v) is 5.78. The number of methoxy groups -OCH3 is 1. The molecule has 0 amide bonds. The monoisotopic (exact) mass is 367 g/mol. The standard InChI is InChI=1S/C15H17N3O6S/c1-23-13-3-2-10(11-9-12(15(19)20)17-16-11)8-14(13)25(21,22)18-4-6-24-7-5-18/h2-3,8-9H,4-7H2,1H3,(H,16,17)(H,19,20). The molecule has 1 saturated heterocycles. The summed E-state index contributed by atoms with van der Waals surface area (Å²) >= 11 is 0. The fourth-order valence-electron chi connectivity index (χ4n) is 2.54. The smallest absolute Gasteiger partial charge is 0.353 e. The van der Waals surface area contributed by atoms with E-state index in [4.69, 9.17) is 14.6 Å². The second-order valence-corrected chi connectivity index (χ2v) is 7.26. The van der Waals surface area contributed by atoms with Crippen LogP contribution in [0, 0.1) is 0 Å². The van der Waals surface area contributed by atoms with Gasteiger partial charge in [0.2, 0.25) is 10.0 Å². The number of nitrogens with zero attached hydrogens (tertiary/aromatic N) is 2. The Kier molecular flexibility index (Phi) is 4.75. The van der Waals surface area contributed by atoms with Gasteiger partial charge in [-0.2, -0.15) is 9.40 Å². The third kappa shape index (κ3) is 3.36. The van der Waals surface area contributed by atoms with Crippen molar-refractivity contribution in [2.45, 2.75) is 4.90 Å². The summed E-state index contributed by atoms with van der Waals surface area (Å²) in [7, 11) is -2.38. The summed E-state index contributed by atoms with van der Waals surface area (Å²) in [6, 6.07) is 5.93. The maximum Gasteiger partial charge on any atom is 0.353 e. The van der Waals surface area contributed by atoms with Crippen LogP contribution in [0.3, 0.4) is 0 Å². The minimum atomic E-state index is -3.77. The van der Waals surface area contributed by atoms with Crippen molar-refractivity contribution in [2.24, 2.45) is 0 Å². The van der Waals surface area contributed by atoms with Gasteiger partial charge >= 0.3 is 5.97 Å². The molecule has 3 rings (SSSR count). The Morgan fingerprint density at radius 1 is 1.32 bits per heavy atom. The largest absolute Gasteiger partial charge is 0.495 e. The molecule has 10 heteroatoms. The maximum atomic E-state index is 12.9. The Hall–Kier alpha value is -2.43. The van der Waals surface area contributed by atoms with E-state index in [1.54, 1.807) is 6.07 Å². The quantitative estimate of drug-likeness (QED) is 0.801. The number of H-pyrrole nitrogens is 1. The second kappa shape index (κ2) is 6.82. The van der Waals surface area contributed by atoms with Gasteiger partial charge in [-0.1, -0.05) is 0 Å². The zero-order valence-electron chi connectivity index (χ0n) is 13.4. The summed E-state index contributed by atoms with van der Waals surface area (Å²) in [6.07, 6.45) is 0. The van der Waals surface area contributed by atoms with Crippen molar-refractivity contribution in [1.29, 1.82) is 0 Å². The van der Waals surface area contributed by atoms with Crippen LogP contribution in [0.15, 0.2) is 29.2 Å². The number of aromatic amines is 1. The highest BCUT2D eigenvalue weighted by molar-refractivity contribution is 7.89. The average molecular weight is 367 g/mol. The van der Waals surface area contributed by atoms with E-state index in [1.165, 1.54) is 29.6 Å². The zero-order chi connectivity index (χ0) is 18.0. The maximum absolute atomic E-state index is 12.9. The average Bonchev–Trinajstić information content (AvgIpc) is 3.12. The minimum absolute atomic E-state index is 0.00859. The third-order valence-electron chi connectivity index (χ3n) is 3.86. The Morgan fingerprint density at radius 2 is 2.04 bits per heavy atom. The van der Waals surface area contributed by atoms with Crippen LogP contribution in [0.5, 0.6) is 5.75 Å². The first-order valence-corrected chi connectivity index (χ1v) is 8.92. The van der Waals surface area contributed by atoms with Crippen LogP contribution in [-0.4, -0.2) is 67.4 Å². The van der Waals surface area contributed by atoms with Gasteiger partial charge in [0.15, 0.2) is 0 Å². The van der Waals surface area contributed by atoms with Crippen LogP contribution in [0.1, 0.15) is 10.5 Å². The molecule has 0 atom stereocenters.